The van der Waals surface area contributed by atoms with Crippen LogP contribution >= 0.6 is 11.3 Å². The Morgan fingerprint density at radius 1 is 1.33 bits per heavy atom. The molecule has 5 nitrogen and oxygen atoms in total. The number of ether oxygens (including phenoxy) is 1. The molecule has 0 unspecified atom stereocenters. The Hall–Kier alpha value is -1.92. The molecule has 0 saturated carbocycles. The van der Waals surface area contributed by atoms with Crippen LogP contribution in [0.3, 0.4) is 0 Å². The molecule has 1 aliphatic heterocycles. The molecule has 21 heavy (non-hydrogen) atoms. The topological polar surface area (TPSA) is 62.7 Å². The van der Waals surface area contributed by atoms with E-state index in [1.807, 2.05) is 31.2 Å². The molecule has 1 N–H and O–H groups in total. The molecule has 1 saturated heterocycles. The van der Waals surface area contributed by atoms with Crippen LogP contribution in [0.5, 0.6) is 5.88 Å². The van der Waals surface area contributed by atoms with Crippen LogP contribution in [-0.4, -0.2) is 47.2 Å². The highest BCUT2D eigenvalue weighted by Gasteiger charge is 2.25. The van der Waals surface area contributed by atoms with Crippen LogP contribution in [0.25, 0.3) is 10.6 Å². The molecule has 0 aliphatic carbocycles. The summed E-state index contributed by atoms with van der Waals surface area (Å²) in [5.74, 6) is -0.358. The first-order valence-corrected chi connectivity index (χ1v) is 7.61. The number of aromatic nitrogens is 1. The van der Waals surface area contributed by atoms with Gasteiger partial charge in [-0.1, -0.05) is 24.3 Å². The molecular weight excluding hydrogens is 288 g/mol. The zero-order chi connectivity index (χ0) is 14.8. The van der Waals surface area contributed by atoms with E-state index in [9.17, 15) is 9.90 Å². The Labute approximate surface area is 126 Å². The van der Waals surface area contributed by atoms with E-state index < -0.39 is 0 Å². The minimum absolute atomic E-state index is 0.173. The van der Waals surface area contributed by atoms with Gasteiger partial charge in [-0.25, -0.2) is 4.98 Å². The van der Waals surface area contributed by atoms with Gasteiger partial charge in [-0.15, -0.1) is 11.3 Å². The molecule has 3 rings (SSSR count). The number of carbonyl (C=O) groups excluding carboxylic acids is 1. The van der Waals surface area contributed by atoms with Gasteiger partial charge in [-0.3, -0.25) is 4.79 Å². The van der Waals surface area contributed by atoms with Crippen LogP contribution in [0.4, 0.5) is 0 Å². The van der Waals surface area contributed by atoms with Crippen LogP contribution in [0.2, 0.25) is 0 Å². The lowest BCUT2D eigenvalue weighted by Gasteiger charge is -2.26. The summed E-state index contributed by atoms with van der Waals surface area (Å²) in [5.41, 5.74) is 2.01. The van der Waals surface area contributed by atoms with Gasteiger partial charge in [0.2, 0.25) is 5.88 Å². The van der Waals surface area contributed by atoms with Crippen molar-refractivity contribution in [1.29, 1.82) is 0 Å². The van der Waals surface area contributed by atoms with Crippen molar-refractivity contribution < 1.29 is 14.6 Å². The number of rotatable bonds is 2. The highest BCUT2D eigenvalue weighted by molar-refractivity contribution is 7.17. The van der Waals surface area contributed by atoms with Crippen molar-refractivity contribution in [3.05, 3.63) is 34.7 Å². The lowest BCUT2D eigenvalue weighted by atomic mass is 10.1. The molecule has 0 spiro atoms. The van der Waals surface area contributed by atoms with Gasteiger partial charge in [-0.05, 0) is 12.5 Å². The van der Waals surface area contributed by atoms with Gasteiger partial charge in [0.1, 0.15) is 5.01 Å². The molecule has 6 heteroatoms. The first-order valence-electron chi connectivity index (χ1n) is 6.79. The van der Waals surface area contributed by atoms with E-state index in [0.717, 1.165) is 11.1 Å². The molecule has 2 heterocycles. The molecule has 0 bridgehead atoms. The number of amides is 1. The maximum absolute atomic E-state index is 12.4. The maximum Gasteiger partial charge on any atom is 0.269 e. The smallest absolute Gasteiger partial charge is 0.269 e. The lowest BCUT2D eigenvalue weighted by Crippen LogP contribution is -2.40. The van der Waals surface area contributed by atoms with Crippen LogP contribution in [-0.2, 0) is 4.74 Å². The molecule has 2 aromatic rings. The predicted octanol–water partition coefficient (Wildman–Crippen LogP) is 2.30. The largest absolute Gasteiger partial charge is 0.492 e. The summed E-state index contributed by atoms with van der Waals surface area (Å²) in [7, 11) is 0. The molecule has 1 aliphatic rings. The van der Waals surface area contributed by atoms with Gasteiger partial charge in [0, 0.05) is 18.7 Å². The number of carbonyl (C=O) groups is 1. The Morgan fingerprint density at radius 2 is 2.05 bits per heavy atom. The van der Waals surface area contributed by atoms with Crippen LogP contribution in [0, 0.1) is 6.92 Å². The molecule has 1 fully saturated rings. The first-order chi connectivity index (χ1) is 10.2. The monoisotopic (exact) mass is 304 g/mol. The van der Waals surface area contributed by atoms with E-state index in [-0.39, 0.29) is 11.8 Å². The Bertz CT molecular complexity index is 663. The van der Waals surface area contributed by atoms with E-state index in [1.165, 1.54) is 11.3 Å². The fraction of sp³-hybridized carbons (Fsp3) is 0.333. The number of hydrogen-bond donors (Lipinski definition) is 1. The fourth-order valence-corrected chi connectivity index (χ4v) is 3.31. The Morgan fingerprint density at radius 3 is 2.76 bits per heavy atom. The SMILES string of the molecule is Cc1ccccc1-c1nc(O)c(C(=O)N2CCOCC2)s1. The van der Waals surface area contributed by atoms with Crippen LogP contribution in [0.1, 0.15) is 15.2 Å². The number of hydrogen-bond acceptors (Lipinski definition) is 5. The first kappa shape index (κ1) is 14.0. The van der Waals surface area contributed by atoms with Crippen LogP contribution < -0.4 is 0 Å². The minimum Gasteiger partial charge on any atom is -0.492 e. The summed E-state index contributed by atoms with van der Waals surface area (Å²) < 4.78 is 5.24. The highest BCUT2D eigenvalue weighted by atomic mass is 32.1. The molecule has 1 aromatic heterocycles. The van der Waals surface area contributed by atoms with Gasteiger partial charge in [0.05, 0.1) is 13.2 Å². The van der Waals surface area contributed by atoms with Gasteiger partial charge >= 0.3 is 0 Å². The standard InChI is InChI=1S/C15H16N2O3S/c1-10-4-2-3-5-11(10)14-16-13(18)12(21-14)15(19)17-6-8-20-9-7-17/h2-5,18H,6-9H2,1H3. The molecule has 1 aromatic carbocycles. The predicted molar refractivity (Wildman–Crippen MR) is 80.7 cm³/mol. The van der Waals surface area contributed by atoms with Crippen molar-refractivity contribution in [3.8, 4) is 16.5 Å². The normalized spacial score (nSPS) is 15.2. The van der Waals surface area contributed by atoms with Crippen molar-refractivity contribution >= 4 is 17.2 Å². The van der Waals surface area contributed by atoms with Gasteiger partial charge in [0.15, 0.2) is 4.88 Å². The molecular formula is C15H16N2O3S. The average molecular weight is 304 g/mol. The van der Waals surface area contributed by atoms with Gasteiger partial charge in [-0.2, -0.15) is 0 Å². The van der Waals surface area contributed by atoms with Crippen molar-refractivity contribution in [2.45, 2.75) is 6.92 Å². The summed E-state index contributed by atoms with van der Waals surface area (Å²) in [6, 6.07) is 7.80. The molecule has 1 amide bonds. The van der Waals surface area contributed by atoms with Crippen molar-refractivity contribution in [1.82, 2.24) is 9.88 Å². The van der Waals surface area contributed by atoms with E-state index in [2.05, 4.69) is 4.98 Å². The third kappa shape index (κ3) is 2.77. The number of thiazole rings is 1. The summed E-state index contributed by atoms with van der Waals surface area (Å²) in [6.07, 6.45) is 0. The van der Waals surface area contributed by atoms with Gasteiger partial charge < -0.3 is 14.7 Å². The molecule has 0 atom stereocenters. The van der Waals surface area contributed by atoms with Gasteiger partial charge in [0.25, 0.3) is 5.91 Å². The van der Waals surface area contributed by atoms with E-state index in [4.69, 9.17) is 4.74 Å². The van der Waals surface area contributed by atoms with Crippen molar-refractivity contribution in [3.63, 3.8) is 0 Å². The summed E-state index contributed by atoms with van der Waals surface area (Å²) in [6.45, 7) is 4.16. The number of aromatic hydroxyl groups is 1. The van der Waals surface area contributed by atoms with Crippen LogP contribution in [0.15, 0.2) is 24.3 Å². The quantitative estimate of drug-likeness (QED) is 0.924. The Balaban J connectivity index is 1.91. The number of benzene rings is 1. The lowest BCUT2D eigenvalue weighted by molar-refractivity contribution is 0.0304. The average Bonchev–Trinajstić information content (AvgIpc) is 2.89. The number of aryl methyl sites for hydroxylation is 1. The number of morpholine rings is 1. The maximum atomic E-state index is 12.4. The van der Waals surface area contributed by atoms with E-state index in [0.29, 0.717) is 36.2 Å². The van der Waals surface area contributed by atoms with Crippen molar-refractivity contribution in [2.75, 3.05) is 26.3 Å². The summed E-state index contributed by atoms with van der Waals surface area (Å²) in [4.78, 5) is 18.6. The number of nitrogens with zero attached hydrogens (tertiary/aromatic N) is 2. The highest BCUT2D eigenvalue weighted by Crippen LogP contribution is 2.34. The minimum atomic E-state index is -0.185. The third-order valence-corrected chi connectivity index (χ3v) is 4.54. The zero-order valence-corrected chi connectivity index (χ0v) is 12.5. The fourth-order valence-electron chi connectivity index (χ4n) is 2.29. The second kappa shape index (κ2) is 5.83. The second-order valence-electron chi connectivity index (χ2n) is 4.89. The molecule has 0 radical (unpaired) electrons. The molecule has 110 valence electrons. The zero-order valence-electron chi connectivity index (χ0n) is 11.7. The second-order valence-corrected chi connectivity index (χ2v) is 5.89. The van der Waals surface area contributed by atoms with E-state index in [1.54, 1.807) is 4.90 Å². The third-order valence-electron chi connectivity index (χ3n) is 3.48. The Kier molecular flexibility index (Phi) is 3.90. The van der Waals surface area contributed by atoms with Crippen molar-refractivity contribution in [2.24, 2.45) is 0 Å². The van der Waals surface area contributed by atoms with E-state index >= 15 is 0 Å². The summed E-state index contributed by atoms with van der Waals surface area (Å²) >= 11 is 1.24. The summed E-state index contributed by atoms with van der Waals surface area (Å²) in [5, 5.41) is 10.7.